The molecule has 3 aliphatic rings. The molecule has 2 N–H and O–H groups in total. The van der Waals surface area contributed by atoms with Crippen LogP contribution in [0, 0.1) is 17.2 Å². The molecule has 3 atom stereocenters. The molecule has 39 heavy (non-hydrogen) atoms. The molecule has 10 heteroatoms. The highest BCUT2D eigenvalue weighted by atomic mass is 35.5. The standard InChI is InChI=1S/C29H29Cl2N3O4S/c1-2-37-28(36)16-8-9-22-24(11-16)39-29(33-22)34-13-17-10-18(34)12-23(17)38-14-19(27(35)15-6-7-15)26(32)25-20(30)4-3-5-21(25)31/h3-5,8-9,11,15,17-18,23,32,35H,2,6-7,10,12-14H2,1H3/b27-19-,32-26?/t17-,18-,23+/m0/s1. The van der Waals surface area contributed by atoms with Gasteiger partial charge in [-0.05, 0) is 62.9 Å². The zero-order valence-electron chi connectivity index (χ0n) is 21.5. The van der Waals surface area contributed by atoms with E-state index in [9.17, 15) is 9.90 Å². The number of rotatable bonds is 9. The summed E-state index contributed by atoms with van der Waals surface area (Å²) >= 11 is 14.4. The first-order valence-corrected chi connectivity index (χ1v) is 14.8. The first kappa shape index (κ1) is 26.6. The van der Waals surface area contributed by atoms with E-state index in [4.69, 9.17) is 43.1 Å². The molecule has 6 rings (SSSR count). The zero-order valence-corrected chi connectivity index (χ0v) is 23.8. The fourth-order valence-corrected chi connectivity index (χ4v) is 7.35. The fourth-order valence-electron chi connectivity index (χ4n) is 5.68. The Kier molecular flexibility index (Phi) is 7.31. The highest BCUT2D eigenvalue weighted by Crippen LogP contribution is 2.45. The van der Waals surface area contributed by atoms with Crippen molar-refractivity contribution in [2.24, 2.45) is 11.8 Å². The minimum Gasteiger partial charge on any atom is -0.512 e. The summed E-state index contributed by atoms with van der Waals surface area (Å²) in [6.45, 7) is 3.12. The second-order valence-electron chi connectivity index (χ2n) is 10.4. The highest BCUT2D eigenvalue weighted by molar-refractivity contribution is 7.22. The van der Waals surface area contributed by atoms with Crippen LogP contribution in [-0.4, -0.2) is 53.7 Å². The van der Waals surface area contributed by atoms with Crippen LogP contribution in [0.1, 0.15) is 48.5 Å². The van der Waals surface area contributed by atoms with Crippen molar-refractivity contribution in [2.45, 2.75) is 44.8 Å². The number of anilines is 1. The van der Waals surface area contributed by atoms with Gasteiger partial charge in [0.1, 0.15) is 5.76 Å². The summed E-state index contributed by atoms with van der Waals surface area (Å²) in [5.41, 5.74) is 2.43. The highest BCUT2D eigenvalue weighted by Gasteiger charge is 2.46. The van der Waals surface area contributed by atoms with Crippen molar-refractivity contribution in [1.82, 2.24) is 4.98 Å². The van der Waals surface area contributed by atoms with Gasteiger partial charge < -0.3 is 19.5 Å². The van der Waals surface area contributed by atoms with E-state index in [2.05, 4.69) is 4.90 Å². The Balaban J connectivity index is 1.14. The van der Waals surface area contributed by atoms with Crippen molar-refractivity contribution < 1.29 is 19.4 Å². The molecule has 0 amide bonds. The average molecular weight is 587 g/mol. The van der Waals surface area contributed by atoms with E-state index in [1.54, 1.807) is 42.5 Å². The Morgan fingerprint density at radius 2 is 1.97 bits per heavy atom. The van der Waals surface area contributed by atoms with E-state index in [0.717, 1.165) is 47.6 Å². The average Bonchev–Trinajstić information content (AvgIpc) is 3.37. The molecule has 0 spiro atoms. The summed E-state index contributed by atoms with van der Waals surface area (Å²) in [6.07, 6.45) is 3.71. The molecule has 2 aliphatic carbocycles. The number of halogens is 2. The topological polar surface area (TPSA) is 95.7 Å². The van der Waals surface area contributed by atoms with E-state index >= 15 is 0 Å². The number of hydrogen-bond acceptors (Lipinski definition) is 8. The molecular formula is C29H29Cl2N3O4S. The maximum Gasteiger partial charge on any atom is 0.338 e. The number of nitrogens with one attached hydrogen (secondary N) is 1. The normalized spacial score (nSPS) is 22.8. The lowest BCUT2D eigenvalue weighted by molar-refractivity contribution is 0.0390. The number of aliphatic hydroxyl groups is 1. The third-order valence-corrected chi connectivity index (χ3v) is 9.53. The predicted molar refractivity (Wildman–Crippen MR) is 155 cm³/mol. The number of thiazole rings is 1. The van der Waals surface area contributed by atoms with Gasteiger partial charge in [-0.15, -0.1) is 0 Å². The van der Waals surface area contributed by atoms with Crippen LogP contribution >= 0.6 is 34.5 Å². The molecule has 2 aromatic carbocycles. The van der Waals surface area contributed by atoms with Gasteiger partial charge in [0.05, 0.1) is 50.9 Å². The quantitative estimate of drug-likeness (QED) is 0.158. The largest absolute Gasteiger partial charge is 0.512 e. The monoisotopic (exact) mass is 585 g/mol. The SMILES string of the molecule is CCOC(=O)c1ccc2nc(N3C[C@@H]4C[C@H]3C[C@H]4OC/C(C(=N)c3c(Cl)cccc3Cl)=C(/O)C3CC3)sc2c1. The minimum atomic E-state index is -0.319. The predicted octanol–water partition coefficient (Wildman–Crippen LogP) is 7.05. The van der Waals surface area contributed by atoms with E-state index in [-0.39, 0.29) is 36.1 Å². The Labute approximate surface area is 240 Å². The van der Waals surface area contributed by atoms with Crippen LogP contribution in [0.15, 0.2) is 47.7 Å². The lowest BCUT2D eigenvalue weighted by atomic mass is 9.99. The lowest BCUT2D eigenvalue weighted by Gasteiger charge is -2.31. The first-order valence-electron chi connectivity index (χ1n) is 13.2. The van der Waals surface area contributed by atoms with Gasteiger partial charge >= 0.3 is 5.97 Å². The van der Waals surface area contributed by atoms with Crippen molar-refractivity contribution in [2.75, 3.05) is 24.7 Å². The van der Waals surface area contributed by atoms with Gasteiger partial charge in [-0.25, -0.2) is 9.78 Å². The van der Waals surface area contributed by atoms with Gasteiger partial charge in [0.15, 0.2) is 5.13 Å². The Hall–Kier alpha value is -2.65. The molecule has 2 bridgehead atoms. The van der Waals surface area contributed by atoms with Crippen LogP contribution < -0.4 is 4.90 Å². The van der Waals surface area contributed by atoms with Gasteiger partial charge in [0.2, 0.25) is 0 Å². The number of carbonyl (C=O) groups is 1. The third kappa shape index (κ3) is 5.15. The summed E-state index contributed by atoms with van der Waals surface area (Å²) in [5.74, 6) is 0.307. The van der Waals surface area contributed by atoms with Crippen molar-refractivity contribution >= 4 is 61.6 Å². The number of hydrogen-bond donors (Lipinski definition) is 2. The summed E-state index contributed by atoms with van der Waals surface area (Å²) in [6, 6.07) is 11.0. The van der Waals surface area contributed by atoms with Gasteiger partial charge in [-0.1, -0.05) is 40.6 Å². The Morgan fingerprint density at radius 3 is 2.64 bits per heavy atom. The molecule has 1 saturated heterocycles. The van der Waals surface area contributed by atoms with Crippen molar-refractivity contribution in [1.29, 1.82) is 5.41 Å². The van der Waals surface area contributed by atoms with Gasteiger partial charge in [-0.2, -0.15) is 0 Å². The molecule has 0 unspecified atom stereocenters. The smallest absolute Gasteiger partial charge is 0.338 e. The van der Waals surface area contributed by atoms with E-state index in [1.807, 2.05) is 12.1 Å². The number of nitrogens with zero attached hydrogens (tertiary/aromatic N) is 2. The second kappa shape index (κ2) is 10.7. The maximum atomic E-state index is 12.1. The van der Waals surface area contributed by atoms with E-state index in [0.29, 0.717) is 45.3 Å². The van der Waals surface area contributed by atoms with Crippen LogP contribution in [0.4, 0.5) is 5.13 Å². The van der Waals surface area contributed by atoms with Gasteiger partial charge in [-0.3, -0.25) is 5.41 Å². The molecule has 2 saturated carbocycles. The molecule has 7 nitrogen and oxygen atoms in total. The van der Waals surface area contributed by atoms with Crippen LogP contribution in [0.25, 0.3) is 10.2 Å². The van der Waals surface area contributed by atoms with Crippen molar-refractivity contribution in [3.05, 3.63) is 68.9 Å². The number of allylic oxidation sites excluding steroid dienone is 1. The number of ether oxygens (including phenoxy) is 2. The van der Waals surface area contributed by atoms with E-state index in [1.165, 1.54) is 0 Å². The number of aliphatic hydroxyl groups excluding tert-OH is 1. The number of carbonyl (C=O) groups excluding carboxylic acids is 1. The van der Waals surface area contributed by atoms with Gasteiger partial charge in [0, 0.05) is 35.6 Å². The molecule has 3 fully saturated rings. The van der Waals surface area contributed by atoms with Gasteiger partial charge in [0.25, 0.3) is 0 Å². The number of benzene rings is 2. The summed E-state index contributed by atoms with van der Waals surface area (Å²) in [5, 5.41) is 21.5. The molecule has 2 heterocycles. The summed E-state index contributed by atoms with van der Waals surface area (Å²) < 4.78 is 12.5. The molecule has 1 aliphatic heterocycles. The van der Waals surface area contributed by atoms with Crippen LogP contribution in [-0.2, 0) is 9.47 Å². The van der Waals surface area contributed by atoms with E-state index < -0.39 is 0 Å². The zero-order chi connectivity index (χ0) is 27.3. The van der Waals surface area contributed by atoms with Crippen LogP contribution in [0.3, 0.4) is 0 Å². The molecule has 1 aromatic heterocycles. The summed E-state index contributed by atoms with van der Waals surface area (Å²) in [7, 11) is 0. The number of aromatic nitrogens is 1. The lowest BCUT2D eigenvalue weighted by Crippen LogP contribution is -2.39. The number of esters is 1. The fraction of sp³-hybridized carbons (Fsp3) is 0.414. The van der Waals surface area contributed by atoms with Crippen molar-refractivity contribution in [3.8, 4) is 0 Å². The first-order chi connectivity index (χ1) is 18.8. The Morgan fingerprint density at radius 1 is 1.21 bits per heavy atom. The van der Waals surface area contributed by atoms with Crippen LogP contribution in [0.2, 0.25) is 10.0 Å². The molecule has 204 valence electrons. The maximum absolute atomic E-state index is 12.1. The summed E-state index contributed by atoms with van der Waals surface area (Å²) in [4.78, 5) is 19.3. The molecular weight excluding hydrogens is 557 g/mol. The Bertz CT molecular complexity index is 1460. The van der Waals surface area contributed by atoms with Crippen molar-refractivity contribution in [3.63, 3.8) is 0 Å². The minimum absolute atomic E-state index is 0.0348. The number of piperidine rings is 1. The second-order valence-corrected chi connectivity index (χ2v) is 12.2. The number of fused-ring (bicyclic) bond motifs is 3. The third-order valence-electron chi connectivity index (χ3n) is 7.84. The molecule has 0 radical (unpaired) electrons. The molecule has 3 aromatic rings. The van der Waals surface area contributed by atoms with Crippen LogP contribution in [0.5, 0.6) is 0 Å².